The summed E-state index contributed by atoms with van der Waals surface area (Å²) in [7, 11) is -3.41. The number of alkyl halides is 3. The highest BCUT2D eigenvalue weighted by Crippen LogP contribution is 2.32. The van der Waals surface area contributed by atoms with Crippen LogP contribution in [-0.4, -0.2) is 33.6 Å². The Labute approximate surface area is 150 Å². The van der Waals surface area contributed by atoms with Gasteiger partial charge in [0.1, 0.15) is 5.75 Å². The van der Waals surface area contributed by atoms with Gasteiger partial charge >= 0.3 is 6.36 Å². The molecular formula is C18H18F3NO3S. The Morgan fingerprint density at radius 3 is 2.50 bits per heavy atom. The number of nitrogens with zero attached hydrogens (tertiary/aromatic N) is 1. The molecule has 1 heterocycles. The van der Waals surface area contributed by atoms with Crippen LogP contribution in [0.3, 0.4) is 0 Å². The lowest BCUT2D eigenvalue weighted by atomic mass is 10.0. The molecular weight excluding hydrogens is 367 g/mol. The summed E-state index contributed by atoms with van der Waals surface area (Å²) in [6.07, 6.45) is -3.35. The second kappa shape index (κ2) is 7.19. The lowest BCUT2D eigenvalue weighted by Crippen LogP contribution is -2.33. The fourth-order valence-corrected chi connectivity index (χ4v) is 4.33. The van der Waals surface area contributed by atoms with Crippen molar-refractivity contribution in [2.45, 2.75) is 24.1 Å². The lowest BCUT2D eigenvalue weighted by molar-refractivity contribution is -0.274. The number of anilines is 1. The molecule has 0 amide bonds. The van der Waals surface area contributed by atoms with Gasteiger partial charge in [0.2, 0.25) is 0 Å². The first-order chi connectivity index (χ1) is 12.2. The molecule has 0 atom stereocenters. The summed E-state index contributed by atoms with van der Waals surface area (Å²) in [5, 5.41) is 0. The highest BCUT2D eigenvalue weighted by Gasteiger charge is 2.31. The van der Waals surface area contributed by atoms with Gasteiger partial charge in [0, 0.05) is 18.8 Å². The average Bonchev–Trinajstić information content (AvgIpc) is 2.59. The Bertz CT molecular complexity index is 867. The van der Waals surface area contributed by atoms with Crippen LogP contribution in [0.5, 0.6) is 5.75 Å². The largest absolute Gasteiger partial charge is 0.573 e. The van der Waals surface area contributed by atoms with Crippen LogP contribution in [0.25, 0.3) is 0 Å². The monoisotopic (exact) mass is 385 g/mol. The standard InChI is InChI=1S/C18H18F3NO3S/c19-18(20,21)25-15-8-9-17-14(13-15)5-4-10-22(17)11-12-26(23,24)16-6-2-1-3-7-16/h1-3,6-9,13H,4-5,10-12H2. The van der Waals surface area contributed by atoms with E-state index in [2.05, 4.69) is 4.74 Å². The highest BCUT2D eigenvalue weighted by molar-refractivity contribution is 7.91. The zero-order chi connectivity index (χ0) is 18.8. The number of sulfone groups is 1. The molecule has 0 spiro atoms. The summed E-state index contributed by atoms with van der Waals surface area (Å²) in [6.45, 7) is 0.945. The zero-order valence-electron chi connectivity index (χ0n) is 13.9. The van der Waals surface area contributed by atoms with Crippen molar-refractivity contribution in [2.24, 2.45) is 0 Å². The molecule has 1 aliphatic rings. The number of halogens is 3. The minimum absolute atomic E-state index is 0.0583. The van der Waals surface area contributed by atoms with Crippen LogP contribution in [0.1, 0.15) is 12.0 Å². The Morgan fingerprint density at radius 2 is 1.81 bits per heavy atom. The molecule has 0 radical (unpaired) electrons. The van der Waals surface area contributed by atoms with E-state index in [1.165, 1.54) is 12.1 Å². The van der Waals surface area contributed by atoms with Crippen molar-refractivity contribution < 1.29 is 26.3 Å². The Balaban J connectivity index is 1.74. The summed E-state index contributed by atoms with van der Waals surface area (Å²) >= 11 is 0. The predicted octanol–water partition coefficient (Wildman–Crippen LogP) is 3.81. The Kier molecular flexibility index (Phi) is 5.13. The third-order valence-electron chi connectivity index (χ3n) is 4.23. The summed E-state index contributed by atoms with van der Waals surface area (Å²) in [5.41, 5.74) is 1.49. The van der Waals surface area contributed by atoms with Crippen LogP contribution in [0.2, 0.25) is 0 Å². The molecule has 4 nitrogen and oxygen atoms in total. The van der Waals surface area contributed by atoms with E-state index < -0.39 is 16.2 Å². The van der Waals surface area contributed by atoms with E-state index in [4.69, 9.17) is 0 Å². The molecule has 0 unspecified atom stereocenters. The third kappa shape index (κ3) is 4.49. The quantitative estimate of drug-likeness (QED) is 0.785. The van der Waals surface area contributed by atoms with E-state index in [0.717, 1.165) is 17.7 Å². The molecule has 0 bridgehead atoms. The molecule has 0 saturated carbocycles. The fraction of sp³-hybridized carbons (Fsp3) is 0.333. The molecule has 0 aliphatic carbocycles. The van der Waals surface area contributed by atoms with Crippen molar-refractivity contribution in [2.75, 3.05) is 23.7 Å². The molecule has 0 N–H and O–H groups in total. The van der Waals surface area contributed by atoms with Crippen molar-refractivity contribution in [3.63, 3.8) is 0 Å². The van der Waals surface area contributed by atoms with E-state index in [1.54, 1.807) is 36.4 Å². The van der Waals surface area contributed by atoms with Crippen LogP contribution < -0.4 is 9.64 Å². The number of ether oxygens (including phenoxy) is 1. The molecule has 2 aromatic rings. The molecule has 140 valence electrons. The molecule has 3 rings (SSSR count). The van der Waals surface area contributed by atoms with Crippen LogP contribution >= 0.6 is 0 Å². The maximum atomic E-state index is 12.4. The zero-order valence-corrected chi connectivity index (χ0v) is 14.7. The van der Waals surface area contributed by atoms with Crippen LogP contribution in [-0.2, 0) is 16.3 Å². The maximum absolute atomic E-state index is 12.4. The van der Waals surface area contributed by atoms with E-state index in [0.29, 0.717) is 13.0 Å². The van der Waals surface area contributed by atoms with Gasteiger partial charge in [-0.1, -0.05) is 18.2 Å². The van der Waals surface area contributed by atoms with Gasteiger partial charge < -0.3 is 9.64 Å². The Hall–Kier alpha value is -2.22. The van der Waals surface area contributed by atoms with Crippen molar-refractivity contribution in [3.05, 3.63) is 54.1 Å². The lowest BCUT2D eigenvalue weighted by Gasteiger charge is -2.31. The van der Waals surface area contributed by atoms with Crippen molar-refractivity contribution in [1.29, 1.82) is 0 Å². The number of aryl methyl sites for hydroxylation is 1. The second-order valence-electron chi connectivity index (χ2n) is 6.06. The molecule has 1 aliphatic heterocycles. The summed E-state index contributed by atoms with van der Waals surface area (Å²) in [4.78, 5) is 2.17. The van der Waals surface area contributed by atoms with Crippen molar-refractivity contribution in [3.8, 4) is 5.75 Å². The number of hydrogen-bond donors (Lipinski definition) is 0. The van der Waals surface area contributed by atoms with E-state index in [9.17, 15) is 21.6 Å². The van der Waals surface area contributed by atoms with Crippen LogP contribution in [0, 0.1) is 0 Å². The van der Waals surface area contributed by atoms with Crippen molar-refractivity contribution in [1.82, 2.24) is 0 Å². The van der Waals surface area contributed by atoms with Crippen LogP contribution in [0.4, 0.5) is 18.9 Å². The first-order valence-corrected chi connectivity index (χ1v) is 9.81. The summed E-state index contributed by atoms with van der Waals surface area (Å²) < 4.78 is 65.9. The SMILES string of the molecule is O=S(=O)(CCN1CCCc2cc(OC(F)(F)F)ccc21)c1ccccc1. The van der Waals surface area contributed by atoms with E-state index in [1.807, 2.05) is 4.90 Å². The van der Waals surface area contributed by atoms with Gasteiger partial charge in [-0.3, -0.25) is 0 Å². The highest BCUT2D eigenvalue weighted by atomic mass is 32.2. The normalized spacial score (nSPS) is 14.8. The minimum atomic E-state index is -4.73. The molecule has 0 saturated heterocycles. The average molecular weight is 385 g/mol. The molecule has 0 fully saturated rings. The number of fused-ring (bicyclic) bond motifs is 1. The smallest absolute Gasteiger partial charge is 0.406 e. The summed E-state index contributed by atoms with van der Waals surface area (Å²) in [5.74, 6) is -0.313. The predicted molar refractivity (Wildman–Crippen MR) is 92.2 cm³/mol. The van der Waals surface area contributed by atoms with Gasteiger partial charge in [-0.15, -0.1) is 13.2 Å². The molecule has 8 heteroatoms. The number of hydrogen-bond acceptors (Lipinski definition) is 4. The van der Waals surface area contributed by atoms with E-state index in [-0.39, 0.29) is 22.9 Å². The molecule has 26 heavy (non-hydrogen) atoms. The van der Waals surface area contributed by atoms with Crippen LogP contribution in [0.15, 0.2) is 53.4 Å². The molecule has 2 aromatic carbocycles. The van der Waals surface area contributed by atoms with Gasteiger partial charge in [-0.2, -0.15) is 0 Å². The fourth-order valence-electron chi connectivity index (χ4n) is 3.06. The Morgan fingerprint density at radius 1 is 1.08 bits per heavy atom. The second-order valence-corrected chi connectivity index (χ2v) is 8.17. The van der Waals surface area contributed by atoms with Crippen molar-refractivity contribution >= 4 is 15.5 Å². The minimum Gasteiger partial charge on any atom is -0.406 e. The van der Waals surface area contributed by atoms with Gasteiger partial charge in [0.05, 0.1) is 10.6 Å². The van der Waals surface area contributed by atoms with Gasteiger partial charge in [-0.05, 0) is 48.7 Å². The maximum Gasteiger partial charge on any atom is 0.573 e. The first kappa shape index (κ1) is 18.6. The number of benzene rings is 2. The number of rotatable bonds is 5. The van der Waals surface area contributed by atoms with Gasteiger partial charge in [0.25, 0.3) is 0 Å². The van der Waals surface area contributed by atoms with E-state index >= 15 is 0 Å². The summed E-state index contributed by atoms with van der Waals surface area (Å²) in [6, 6.07) is 12.4. The molecule has 0 aromatic heterocycles. The first-order valence-electron chi connectivity index (χ1n) is 8.16. The van der Waals surface area contributed by atoms with Gasteiger partial charge in [0.15, 0.2) is 9.84 Å². The topological polar surface area (TPSA) is 46.6 Å². The van der Waals surface area contributed by atoms with Gasteiger partial charge in [-0.25, -0.2) is 8.42 Å². The third-order valence-corrected chi connectivity index (χ3v) is 5.94.